The van der Waals surface area contributed by atoms with E-state index in [-0.39, 0.29) is 4.90 Å². The Hall–Kier alpha value is -1.50. The molecule has 0 spiro atoms. The number of sulfonamides is 1. The van der Waals surface area contributed by atoms with Crippen molar-refractivity contribution < 1.29 is 12.8 Å². The molecule has 1 aromatic heterocycles. The highest BCUT2D eigenvalue weighted by atomic mass is 35.5. The van der Waals surface area contributed by atoms with Crippen LogP contribution in [0.15, 0.2) is 33.6 Å². The van der Waals surface area contributed by atoms with Crippen molar-refractivity contribution in [3.05, 3.63) is 46.4 Å². The third-order valence-corrected chi connectivity index (χ3v) is 4.83. The molecule has 0 aliphatic carbocycles. The van der Waals surface area contributed by atoms with E-state index in [4.69, 9.17) is 16.0 Å². The van der Waals surface area contributed by atoms with Gasteiger partial charge >= 0.3 is 0 Å². The van der Waals surface area contributed by atoms with E-state index in [0.29, 0.717) is 34.3 Å². The van der Waals surface area contributed by atoms with Gasteiger partial charge in [0.05, 0.1) is 5.69 Å². The fraction of sp³-hybridized carbons (Fsp3) is 0.286. The van der Waals surface area contributed by atoms with Gasteiger partial charge in [-0.3, -0.25) is 4.72 Å². The van der Waals surface area contributed by atoms with E-state index in [9.17, 15) is 8.42 Å². The van der Waals surface area contributed by atoms with Crippen molar-refractivity contribution >= 4 is 27.3 Å². The molecule has 0 unspecified atom stereocenters. The van der Waals surface area contributed by atoms with E-state index >= 15 is 0 Å². The first-order chi connectivity index (χ1) is 9.85. The minimum absolute atomic E-state index is 0.175. The van der Waals surface area contributed by atoms with E-state index in [1.54, 1.807) is 45.2 Å². The number of anilines is 1. The van der Waals surface area contributed by atoms with Crippen molar-refractivity contribution in [1.82, 2.24) is 5.32 Å². The van der Waals surface area contributed by atoms with Crippen molar-refractivity contribution in [3.8, 4) is 0 Å². The van der Waals surface area contributed by atoms with Crippen LogP contribution in [-0.2, 0) is 16.6 Å². The van der Waals surface area contributed by atoms with Gasteiger partial charge in [-0.1, -0.05) is 17.7 Å². The zero-order valence-electron chi connectivity index (χ0n) is 12.0. The number of hydrogen-bond acceptors (Lipinski definition) is 4. The van der Waals surface area contributed by atoms with E-state index in [0.717, 1.165) is 0 Å². The molecule has 1 aromatic carbocycles. The predicted molar refractivity (Wildman–Crippen MR) is 83.2 cm³/mol. The van der Waals surface area contributed by atoms with Gasteiger partial charge in [-0.25, -0.2) is 8.42 Å². The Morgan fingerprint density at radius 3 is 2.57 bits per heavy atom. The average molecular weight is 329 g/mol. The molecule has 7 heteroatoms. The van der Waals surface area contributed by atoms with Crippen LogP contribution in [0, 0.1) is 13.8 Å². The lowest BCUT2D eigenvalue weighted by Gasteiger charge is -2.09. The predicted octanol–water partition coefficient (Wildman–Crippen LogP) is 3.07. The first-order valence-corrected chi connectivity index (χ1v) is 8.23. The Labute approximate surface area is 129 Å². The van der Waals surface area contributed by atoms with Crippen LogP contribution in [0.5, 0.6) is 0 Å². The molecule has 0 radical (unpaired) electrons. The quantitative estimate of drug-likeness (QED) is 0.884. The molecule has 114 valence electrons. The summed E-state index contributed by atoms with van der Waals surface area (Å²) in [6.45, 7) is 3.80. The number of furan rings is 1. The largest absolute Gasteiger partial charge is 0.465 e. The summed E-state index contributed by atoms with van der Waals surface area (Å²) in [5.41, 5.74) is 1.04. The second-order valence-electron chi connectivity index (χ2n) is 4.67. The highest BCUT2D eigenvalue weighted by Gasteiger charge is 2.26. The Morgan fingerprint density at radius 2 is 1.95 bits per heavy atom. The van der Waals surface area contributed by atoms with Gasteiger partial charge < -0.3 is 9.73 Å². The van der Waals surface area contributed by atoms with E-state index in [1.165, 1.54) is 0 Å². The third-order valence-electron chi connectivity index (χ3n) is 3.02. The Bertz CT molecular complexity index is 754. The summed E-state index contributed by atoms with van der Waals surface area (Å²) in [6, 6.07) is 6.56. The third kappa shape index (κ3) is 3.40. The van der Waals surface area contributed by atoms with Crippen molar-refractivity contribution in [2.75, 3.05) is 11.8 Å². The Morgan fingerprint density at radius 1 is 1.24 bits per heavy atom. The van der Waals surface area contributed by atoms with Crippen molar-refractivity contribution in [2.24, 2.45) is 0 Å². The summed E-state index contributed by atoms with van der Waals surface area (Å²) in [5.74, 6) is 0.959. The average Bonchev–Trinajstić information content (AvgIpc) is 2.64. The van der Waals surface area contributed by atoms with Crippen LogP contribution in [0.3, 0.4) is 0 Å². The fourth-order valence-electron chi connectivity index (χ4n) is 2.20. The van der Waals surface area contributed by atoms with Crippen LogP contribution in [0.4, 0.5) is 5.69 Å². The van der Waals surface area contributed by atoms with Crippen molar-refractivity contribution in [3.63, 3.8) is 0 Å². The molecule has 1 heterocycles. The lowest BCUT2D eigenvalue weighted by Crippen LogP contribution is -2.17. The molecule has 5 nitrogen and oxygen atoms in total. The SMILES string of the molecule is CNCc1c(C)oc(C)c1S(=O)(=O)Nc1cccc(Cl)c1. The number of aryl methyl sites for hydroxylation is 2. The molecule has 0 saturated carbocycles. The summed E-state index contributed by atoms with van der Waals surface area (Å²) in [4.78, 5) is 0.175. The van der Waals surface area contributed by atoms with Crippen molar-refractivity contribution in [2.45, 2.75) is 25.3 Å². The number of benzene rings is 1. The molecule has 0 amide bonds. The topological polar surface area (TPSA) is 71.3 Å². The minimum Gasteiger partial charge on any atom is -0.465 e. The van der Waals surface area contributed by atoms with Gasteiger partial charge in [0, 0.05) is 17.1 Å². The maximum Gasteiger partial charge on any atom is 0.265 e. The van der Waals surface area contributed by atoms with Crippen LogP contribution < -0.4 is 10.0 Å². The summed E-state index contributed by atoms with van der Waals surface area (Å²) < 4.78 is 33.2. The van der Waals surface area contributed by atoms with Gasteiger partial charge in [-0.2, -0.15) is 0 Å². The first kappa shape index (κ1) is 15.9. The highest BCUT2D eigenvalue weighted by molar-refractivity contribution is 7.92. The molecule has 2 rings (SSSR count). The van der Waals surface area contributed by atoms with Crippen LogP contribution >= 0.6 is 11.6 Å². The van der Waals surface area contributed by atoms with Gasteiger partial charge in [0.1, 0.15) is 16.4 Å². The van der Waals surface area contributed by atoms with Crippen LogP contribution in [0.25, 0.3) is 0 Å². The molecule has 0 bridgehead atoms. The fourth-order valence-corrected chi connectivity index (χ4v) is 3.89. The van der Waals surface area contributed by atoms with Gasteiger partial charge in [0.15, 0.2) is 0 Å². The summed E-state index contributed by atoms with van der Waals surface area (Å²) >= 11 is 5.87. The first-order valence-electron chi connectivity index (χ1n) is 6.37. The van der Waals surface area contributed by atoms with Crippen LogP contribution in [-0.4, -0.2) is 15.5 Å². The van der Waals surface area contributed by atoms with E-state index < -0.39 is 10.0 Å². The molecule has 21 heavy (non-hydrogen) atoms. The van der Waals surface area contributed by atoms with Gasteiger partial charge in [0.2, 0.25) is 0 Å². The summed E-state index contributed by atoms with van der Waals surface area (Å²) in [7, 11) is -1.98. The number of rotatable bonds is 5. The lowest BCUT2D eigenvalue weighted by molar-refractivity contribution is 0.494. The molecular formula is C14H17ClN2O3S. The molecule has 0 aliphatic heterocycles. The molecule has 0 atom stereocenters. The van der Waals surface area contributed by atoms with E-state index in [1.807, 2.05) is 0 Å². The lowest BCUT2D eigenvalue weighted by atomic mass is 10.2. The number of hydrogen-bond donors (Lipinski definition) is 2. The highest BCUT2D eigenvalue weighted by Crippen LogP contribution is 2.28. The van der Waals surface area contributed by atoms with Gasteiger partial charge in [-0.05, 0) is 39.1 Å². The summed E-state index contributed by atoms with van der Waals surface area (Å²) in [5, 5.41) is 3.41. The summed E-state index contributed by atoms with van der Waals surface area (Å²) in [6.07, 6.45) is 0. The molecule has 2 N–H and O–H groups in total. The standard InChI is InChI=1S/C14H17ClN2O3S/c1-9-13(8-16-3)14(10(2)20-9)21(18,19)17-12-6-4-5-11(15)7-12/h4-7,16-17H,8H2,1-3H3. The molecule has 0 saturated heterocycles. The van der Waals surface area contributed by atoms with E-state index in [2.05, 4.69) is 10.0 Å². The Balaban J connectivity index is 2.45. The second-order valence-corrected chi connectivity index (χ2v) is 6.72. The zero-order valence-corrected chi connectivity index (χ0v) is 13.6. The molecule has 2 aromatic rings. The number of nitrogens with one attached hydrogen (secondary N) is 2. The van der Waals surface area contributed by atoms with Gasteiger partial charge in [0.25, 0.3) is 10.0 Å². The Kier molecular flexibility index (Phi) is 4.61. The molecule has 0 aliphatic rings. The van der Waals surface area contributed by atoms with Crippen molar-refractivity contribution in [1.29, 1.82) is 0 Å². The second kappa shape index (κ2) is 6.09. The van der Waals surface area contributed by atoms with Crippen LogP contribution in [0.1, 0.15) is 17.1 Å². The minimum atomic E-state index is -3.74. The maximum atomic E-state index is 12.6. The smallest absolute Gasteiger partial charge is 0.265 e. The molecule has 0 fully saturated rings. The van der Waals surface area contributed by atoms with Gasteiger partial charge in [-0.15, -0.1) is 0 Å². The molecular weight excluding hydrogens is 312 g/mol. The normalized spacial score (nSPS) is 11.6. The van der Waals surface area contributed by atoms with Crippen LogP contribution in [0.2, 0.25) is 5.02 Å². The monoisotopic (exact) mass is 328 g/mol. The number of halogens is 1. The maximum absolute atomic E-state index is 12.6. The zero-order chi connectivity index (χ0) is 15.6.